The molecule has 0 unspecified atom stereocenters. The fourth-order valence-electron chi connectivity index (χ4n) is 1.78. The Bertz CT molecular complexity index is 707. The van der Waals surface area contributed by atoms with Crippen LogP contribution in [0.5, 0.6) is 0 Å². The van der Waals surface area contributed by atoms with Gasteiger partial charge < -0.3 is 5.11 Å². The van der Waals surface area contributed by atoms with Crippen molar-refractivity contribution in [1.29, 1.82) is 0 Å². The van der Waals surface area contributed by atoms with Crippen LogP contribution in [0.1, 0.15) is 16.6 Å². The fourth-order valence-corrected chi connectivity index (χ4v) is 4.35. The van der Waals surface area contributed by atoms with Crippen LogP contribution in [-0.2, 0) is 10.0 Å². The number of sulfonamides is 1. The van der Waals surface area contributed by atoms with Crippen molar-refractivity contribution in [1.82, 2.24) is 0 Å². The lowest BCUT2D eigenvalue weighted by molar-refractivity contribution is 0.0702. The third-order valence-corrected chi connectivity index (χ3v) is 5.65. The summed E-state index contributed by atoms with van der Waals surface area (Å²) in [4.78, 5) is 10.9. The maximum absolute atomic E-state index is 12.5. The predicted molar refractivity (Wildman–Crippen MR) is 77.9 cm³/mol. The number of nitrogens with zero attached hydrogens (tertiary/aromatic N) is 1. The summed E-state index contributed by atoms with van der Waals surface area (Å²) >= 11 is 0.902. The quantitative estimate of drug-likeness (QED) is 0.921. The molecule has 1 aromatic carbocycles. The Hall–Kier alpha value is -1.86. The summed E-state index contributed by atoms with van der Waals surface area (Å²) in [6.07, 6.45) is 0. The van der Waals surface area contributed by atoms with Crippen molar-refractivity contribution in [3.05, 3.63) is 46.7 Å². The minimum Gasteiger partial charge on any atom is -0.477 e. The molecule has 0 fully saturated rings. The number of thiophene rings is 1. The lowest BCUT2D eigenvalue weighted by Crippen LogP contribution is -2.30. The van der Waals surface area contributed by atoms with Crippen molar-refractivity contribution in [3.63, 3.8) is 0 Å². The summed E-state index contributed by atoms with van der Waals surface area (Å²) in [5.41, 5.74) is 0.554. The number of hydrogen-bond acceptors (Lipinski definition) is 4. The normalized spacial score (nSPS) is 11.2. The van der Waals surface area contributed by atoms with Gasteiger partial charge in [0.05, 0.1) is 10.6 Å². The molecule has 0 aliphatic heterocycles. The van der Waals surface area contributed by atoms with Gasteiger partial charge in [0.15, 0.2) is 0 Å². The Morgan fingerprint density at radius 2 is 1.95 bits per heavy atom. The number of hydrogen-bond donors (Lipinski definition) is 1. The van der Waals surface area contributed by atoms with E-state index in [1.54, 1.807) is 37.3 Å². The summed E-state index contributed by atoms with van der Waals surface area (Å²) in [5, 5.41) is 10.2. The molecule has 0 bridgehead atoms. The molecule has 20 heavy (non-hydrogen) atoms. The van der Waals surface area contributed by atoms with Crippen LogP contribution < -0.4 is 4.31 Å². The largest absolute Gasteiger partial charge is 0.477 e. The molecule has 2 aromatic rings. The molecule has 0 saturated carbocycles. The van der Waals surface area contributed by atoms with Crippen molar-refractivity contribution in [2.75, 3.05) is 10.8 Å². The number of para-hydroxylation sites is 1. The lowest BCUT2D eigenvalue weighted by atomic mass is 10.3. The van der Waals surface area contributed by atoms with Crippen molar-refractivity contribution in [2.24, 2.45) is 0 Å². The molecular formula is C13H13NO4S2. The van der Waals surface area contributed by atoms with Crippen LogP contribution in [0.2, 0.25) is 0 Å². The van der Waals surface area contributed by atoms with Crippen LogP contribution in [0, 0.1) is 0 Å². The SMILES string of the molecule is CCN(c1ccccc1)S(=O)(=O)c1csc(C(=O)O)c1. The molecule has 0 saturated heterocycles. The topological polar surface area (TPSA) is 74.7 Å². The van der Waals surface area contributed by atoms with Gasteiger partial charge in [-0.05, 0) is 25.1 Å². The van der Waals surface area contributed by atoms with Crippen LogP contribution >= 0.6 is 11.3 Å². The highest BCUT2D eigenvalue weighted by Crippen LogP contribution is 2.26. The molecule has 0 amide bonds. The lowest BCUT2D eigenvalue weighted by Gasteiger charge is -2.22. The summed E-state index contributed by atoms with van der Waals surface area (Å²) in [6.45, 7) is 2.00. The molecule has 0 atom stereocenters. The van der Waals surface area contributed by atoms with Gasteiger partial charge in [-0.15, -0.1) is 11.3 Å². The van der Waals surface area contributed by atoms with E-state index in [1.807, 2.05) is 0 Å². The molecule has 0 radical (unpaired) electrons. The highest BCUT2D eigenvalue weighted by atomic mass is 32.2. The van der Waals surface area contributed by atoms with E-state index in [0.29, 0.717) is 5.69 Å². The number of carboxylic acid groups (broad SMARTS) is 1. The first-order valence-electron chi connectivity index (χ1n) is 5.86. The van der Waals surface area contributed by atoms with E-state index >= 15 is 0 Å². The van der Waals surface area contributed by atoms with E-state index < -0.39 is 16.0 Å². The van der Waals surface area contributed by atoms with Crippen LogP contribution in [0.4, 0.5) is 5.69 Å². The number of carboxylic acids is 1. The standard InChI is InChI=1S/C13H13NO4S2/c1-2-14(10-6-4-3-5-7-10)20(17,18)11-8-12(13(15)16)19-9-11/h3-9H,2H2,1H3,(H,15,16). The van der Waals surface area contributed by atoms with Gasteiger partial charge in [0.25, 0.3) is 10.0 Å². The Morgan fingerprint density at radius 1 is 1.30 bits per heavy atom. The van der Waals surface area contributed by atoms with E-state index in [2.05, 4.69) is 0 Å². The average molecular weight is 311 g/mol. The maximum atomic E-state index is 12.5. The first-order chi connectivity index (χ1) is 9.46. The van der Waals surface area contributed by atoms with Gasteiger partial charge in [0.2, 0.25) is 0 Å². The number of benzene rings is 1. The molecule has 0 spiro atoms. The Morgan fingerprint density at radius 3 is 2.45 bits per heavy atom. The molecule has 1 N–H and O–H groups in total. The second-order valence-corrected chi connectivity index (χ2v) is 6.73. The molecule has 1 aromatic heterocycles. The van der Waals surface area contributed by atoms with Gasteiger partial charge >= 0.3 is 5.97 Å². The third kappa shape index (κ3) is 2.68. The summed E-state index contributed by atoms with van der Waals surface area (Å²) in [5.74, 6) is -1.13. The van der Waals surface area contributed by atoms with Gasteiger partial charge in [-0.25, -0.2) is 13.2 Å². The summed E-state index contributed by atoms with van der Waals surface area (Å²) in [7, 11) is -3.74. The van der Waals surface area contributed by atoms with E-state index in [4.69, 9.17) is 5.11 Å². The molecule has 7 heteroatoms. The Labute approximate surface area is 121 Å². The molecule has 0 aliphatic carbocycles. The molecule has 5 nitrogen and oxygen atoms in total. The second-order valence-electron chi connectivity index (χ2n) is 3.96. The number of aromatic carboxylic acids is 1. The Kier molecular flexibility index (Phi) is 4.10. The van der Waals surface area contributed by atoms with E-state index in [-0.39, 0.29) is 16.3 Å². The maximum Gasteiger partial charge on any atom is 0.345 e. The molecule has 1 heterocycles. The van der Waals surface area contributed by atoms with Gasteiger partial charge in [0.1, 0.15) is 4.88 Å². The third-order valence-electron chi connectivity index (χ3n) is 2.71. The van der Waals surface area contributed by atoms with Crippen molar-refractivity contribution in [3.8, 4) is 0 Å². The van der Waals surface area contributed by atoms with Gasteiger partial charge in [-0.3, -0.25) is 4.31 Å². The van der Waals surface area contributed by atoms with Gasteiger partial charge in [-0.2, -0.15) is 0 Å². The van der Waals surface area contributed by atoms with Crippen molar-refractivity contribution in [2.45, 2.75) is 11.8 Å². The zero-order chi connectivity index (χ0) is 14.8. The Balaban J connectivity index is 2.44. The van der Waals surface area contributed by atoms with Crippen LogP contribution in [-0.4, -0.2) is 26.0 Å². The zero-order valence-electron chi connectivity index (χ0n) is 10.7. The summed E-state index contributed by atoms with van der Waals surface area (Å²) < 4.78 is 26.3. The fraction of sp³-hybridized carbons (Fsp3) is 0.154. The second kappa shape index (κ2) is 5.64. The first-order valence-corrected chi connectivity index (χ1v) is 8.18. The monoisotopic (exact) mass is 311 g/mol. The molecule has 106 valence electrons. The summed E-state index contributed by atoms with van der Waals surface area (Å²) in [6, 6.07) is 9.90. The highest BCUT2D eigenvalue weighted by Gasteiger charge is 2.25. The zero-order valence-corrected chi connectivity index (χ0v) is 12.3. The van der Waals surface area contributed by atoms with E-state index in [1.165, 1.54) is 15.8 Å². The predicted octanol–water partition coefficient (Wildman–Crippen LogP) is 2.66. The minimum absolute atomic E-state index is 0.00519. The molecule has 2 rings (SSSR count). The molecular weight excluding hydrogens is 298 g/mol. The van der Waals surface area contributed by atoms with Crippen LogP contribution in [0.15, 0.2) is 46.7 Å². The number of carbonyl (C=O) groups is 1. The van der Waals surface area contributed by atoms with Crippen molar-refractivity contribution >= 4 is 33.0 Å². The van der Waals surface area contributed by atoms with Crippen molar-refractivity contribution < 1.29 is 18.3 Å². The van der Waals surface area contributed by atoms with Crippen LogP contribution in [0.25, 0.3) is 0 Å². The smallest absolute Gasteiger partial charge is 0.345 e. The average Bonchev–Trinajstić information content (AvgIpc) is 2.91. The highest BCUT2D eigenvalue weighted by molar-refractivity contribution is 7.93. The number of rotatable bonds is 5. The van der Waals surface area contributed by atoms with Gasteiger partial charge in [-0.1, -0.05) is 18.2 Å². The number of anilines is 1. The van der Waals surface area contributed by atoms with E-state index in [0.717, 1.165) is 11.3 Å². The minimum atomic E-state index is -3.74. The molecule has 0 aliphatic rings. The van der Waals surface area contributed by atoms with E-state index in [9.17, 15) is 13.2 Å². The first kappa shape index (κ1) is 14.5. The van der Waals surface area contributed by atoms with Crippen LogP contribution in [0.3, 0.4) is 0 Å². The van der Waals surface area contributed by atoms with Gasteiger partial charge in [0, 0.05) is 11.9 Å².